The van der Waals surface area contributed by atoms with Crippen LogP contribution in [0.15, 0.2) is 36.9 Å². The fourth-order valence-corrected chi connectivity index (χ4v) is 4.32. The Hall–Kier alpha value is -1.08. The standard InChI is InChI=1S/C25H40O/c1-3-5-6-7-8-9-10-11-22-12-16-24(17-13-22)25-18-14-23(15-19-25)21-26-20-4-2/h4,14-15,18-19,22,24H,2-3,5-13,16-17,20-21H2,1H3/t22-,24-. The number of benzene rings is 1. The predicted molar refractivity (Wildman–Crippen MR) is 114 cm³/mol. The molecule has 0 amide bonds. The van der Waals surface area contributed by atoms with Crippen LogP contribution >= 0.6 is 0 Å². The van der Waals surface area contributed by atoms with Crippen LogP contribution < -0.4 is 0 Å². The van der Waals surface area contributed by atoms with Crippen molar-refractivity contribution in [3.63, 3.8) is 0 Å². The van der Waals surface area contributed by atoms with Gasteiger partial charge in [-0.15, -0.1) is 6.58 Å². The third kappa shape index (κ3) is 8.08. The monoisotopic (exact) mass is 356 g/mol. The molecule has 2 rings (SSSR count). The van der Waals surface area contributed by atoms with Gasteiger partial charge in [-0.2, -0.15) is 0 Å². The number of hydrogen-bond acceptors (Lipinski definition) is 1. The molecule has 0 N–H and O–H groups in total. The molecular formula is C25H40O. The molecule has 0 aromatic heterocycles. The van der Waals surface area contributed by atoms with E-state index in [1.165, 1.54) is 88.2 Å². The van der Waals surface area contributed by atoms with Crippen LogP contribution in [0.25, 0.3) is 0 Å². The highest BCUT2D eigenvalue weighted by Crippen LogP contribution is 2.37. The van der Waals surface area contributed by atoms with Crippen molar-refractivity contribution in [3.05, 3.63) is 48.0 Å². The second kappa shape index (κ2) is 13.1. The van der Waals surface area contributed by atoms with E-state index in [0.717, 1.165) is 11.8 Å². The van der Waals surface area contributed by atoms with Crippen LogP contribution in [0.3, 0.4) is 0 Å². The summed E-state index contributed by atoms with van der Waals surface area (Å²) in [5, 5.41) is 0. The molecule has 0 radical (unpaired) electrons. The first kappa shape index (κ1) is 21.2. The Balaban J connectivity index is 1.59. The van der Waals surface area contributed by atoms with E-state index in [-0.39, 0.29) is 0 Å². The summed E-state index contributed by atoms with van der Waals surface area (Å²) < 4.78 is 5.52. The fraction of sp³-hybridized carbons (Fsp3) is 0.680. The third-order valence-corrected chi connectivity index (χ3v) is 6.02. The minimum absolute atomic E-state index is 0.629. The third-order valence-electron chi connectivity index (χ3n) is 6.02. The van der Waals surface area contributed by atoms with E-state index < -0.39 is 0 Å². The molecule has 26 heavy (non-hydrogen) atoms. The largest absolute Gasteiger partial charge is 0.373 e. The van der Waals surface area contributed by atoms with Gasteiger partial charge in [-0.3, -0.25) is 0 Å². The molecule has 0 bridgehead atoms. The first-order chi connectivity index (χ1) is 12.8. The molecule has 0 unspecified atom stereocenters. The van der Waals surface area contributed by atoms with E-state index in [4.69, 9.17) is 4.74 Å². The molecule has 1 saturated carbocycles. The molecule has 1 aliphatic rings. The van der Waals surface area contributed by atoms with Gasteiger partial charge in [0, 0.05) is 0 Å². The molecule has 0 heterocycles. The van der Waals surface area contributed by atoms with Gasteiger partial charge in [0.15, 0.2) is 0 Å². The van der Waals surface area contributed by atoms with E-state index in [9.17, 15) is 0 Å². The van der Waals surface area contributed by atoms with Crippen molar-refractivity contribution in [1.29, 1.82) is 0 Å². The SMILES string of the molecule is C=CCOCc1ccc([C@H]2CC[C@H](CCCCCCCCC)CC2)cc1. The molecule has 1 fully saturated rings. The summed E-state index contributed by atoms with van der Waals surface area (Å²) in [6.45, 7) is 7.30. The summed E-state index contributed by atoms with van der Waals surface area (Å²) in [5.41, 5.74) is 2.80. The molecule has 0 saturated heterocycles. The summed E-state index contributed by atoms with van der Waals surface area (Å²) in [6.07, 6.45) is 19.0. The van der Waals surface area contributed by atoms with E-state index in [2.05, 4.69) is 37.8 Å². The highest BCUT2D eigenvalue weighted by atomic mass is 16.5. The molecular weight excluding hydrogens is 316 g/mol. The van der Waals surface area contributed by atoms with Crippen LogP contribution in [0.1, 0.15) is 101 Å². The maximum absolute atomic E-state index is 5.52. The lowest BCUT2D eigenvalue weighted by atomic mass is 9.77. The van der Waals surface area contributed by atoms with Crippen LogP contribution in [0, 0.1) is 5.92 Å². The normalized spacial score (nSPS) is 20.2. The van der Waals surface area contributed by atoms with Gasteiger partial charge in [-0.25, -0.2) is 0 Å². The quantitative estimate of drug-likeness (QED) is 0.259. The lowest BCUT2D eigenvalue weighted by Crippen LogP contribution is -2.13. The van der Waals surface area contributed by atoms with Gasteiger partial charge in [0.2, 0.25) is 0 Å². The summed E-state index contributed by atoms with van der Waals surface area (Å²) in [5.74, 6) is 1.77. The molecule has 0 atom stereocenters. The molecule has 1 aromatic carbocycles. The highest BCUT2D eigenvalue weighted by molar-refractivity contribution is 5.25. The molecule has 1 heteroatoms. The number of ether oxygens (including phenoxy) is 1. The Morgan fingerprint density at radius 2 is 1.58 bits per heavy atom. The zero-order valence-corrected chi connectivity index (χ0v) is 17.1. The van der Waals surface area contributed by atoms with Gasteiger partial charge in [0.05, 0.1) is 13.2 Å². The number of rotatable bonds is 13. The van der Waals surface area contributed by atoms with Gasteiger partial charge in [-0.1, -0.05) is 88.6 Å². The first-order valence-electron chi connectivity index (χ1n) is 11.1. The molecule has 1 aromatic rings. The van der Waals surface area contributed by atoms with Crippen molar-refractivity contribution in [3.8, 4) is 0 Å². The lowest BCUT2D eigenvalue weighted by Gasteiger charge is -2.29. The van der Waals surface area contributed by atoms with Crippen LogP contribution in [0.4, 0.5) is 0 Å². The molecule has 0 aliphatic heterocycles. The fourth-order valence-electron chi connectivity index (χ4n) is 4.32. The minimum Gasteiger partial charge on any atom is -0.373 e. The second-order valence-electron chi connectivity index (χ2n) is 8.17. The van der Waals surface area contributed by atoms with Crippen LogP contribution in [0.5, 0.6) is 0 Å². The maximum atomic E-state index is 5.52. The Morgan fingerprint density at radius 1 is 0.923 bits per heavy atom. The highest BCUT2D eigenvalue weighted by Gasteiger charge is 2.21. The minimum atomic E-state index is 0.629. The molecule has 1 aliphatic carbocycles. The van der Waals surface area contributed by atoms with E-state index in [0.29, 0.717) is 13.2 Å². The molecule has 146 valence electrons. The van der Waals surface area contributed by atoms with Crippen molar-refractivity contribution in [2.24, 2.45) is 5.92 Å². The Labute approximate surface area is 162 Å². The van der Waals surface area contributed by atoms with Crippen molar-refractivity contribution >= 4 is 0 Å². The van der Waals surface area contributed by atoms with Gasteiger partial charge >= 0.3 is 0 Å². The Kier molecular flexibility index (Phi) is 10.7. The number of hydrogen-bond donors (Lipinski definition) is 0. The zero-order chi connectivity index (χ0) is 18.5. The summed E-state index contributed by atoms with van der Waals surface area (Å²) in [7, 11) is 0. The van der Waals surface area contributed by atoms with Crippen LogP contribution in [-0.2, 0) is 11.3 Å². The molecule has 1 nitrogen and oxygen atoms in total. The van der Waals surface area contributed by atoms with Crippen molar-refractivity contribution in [2.45, 2.75) is 96.5 Å². The van der Waals surface area contributed by atoms with Crippen molar-refractivity contribution in [2.75, 3.05) is 6.61 Å². The summed E-state index contributed by atoms with van der Waals surface area (Å²) in [4.78, 5) is 0. The summed E-state index contributed by atoms with van der Waals surface area (Å²) >= 11 is 0. The summed E-state index contributed by atoms with van der Waals surface area (Å²) in [6, 6.07) is 9.13. The van der Waals surface area contributed by atoms with E-state index >= 15 is 0 Å². The van der Waals surface area contributed by atoms with Crippen molar-refractivity contribution in [1.82, 2.24) is 0 Å². The van der Waals surface area contributed by atoms with Gasteiger partial charge in [0.1, 0.15) is 0 Å². The Morgan fingerprint density at radius 3 is 2.23 bits per heavy atom. The van der Waals surface area contributed by atoms with Gasteiger partial charge in [-0.05, 0) is 48.6 Å². The predicted octanol–water partition coefficient (Wildman–Crippen LogP) is 7.80. The average Bonchev–Trinajstić information content (AvgIpc) is 2.69. The van der Waals surface area contributed by atoms with Crippen LogP contribution in [-0.4, -0.2) is 6.61 Å². The van der Waals surface area contributed by atoms with Gasteiger partial charge in [0.25, 0.3) is 0 Å². The first-order valence-corrected chi connectivity index (χ1v) is 11.1. The van der Waals surface area contributed by atoms with Crippen molar-refractivity contribution < 1.29 is 4.74 Å². The van der Waals surface area contributed by atoms with Gasteiger partial charge < -0.3 is 4.74 Å². The topological polar surface area (TPSA) is 9.23 Å². The number of unbranched alkanes of at least 4 members (excludes halogenated alkanes) is 6. The van der Waals surface area contributed by atoms with Crippen LogP contribution in [0.2, 0.25) is 0 Å². The smallest absolute Gasteiger partial charge is 0.0721 e. The second-order valence-corrected chi connectivity index (χ2v) is 8.17. The average molecular weight is 357 g/mol. The van der Waals surface area contributed by atoms with E-state index in [1.807, 2.05) is 0 Å². The Bertz CT molecular complexity index is 467. The van der Waals surface area contributed by atoms with E-state index in [1.54, 1.807) is 6.08 Å². The lowest BCUT2D eigenvalue weighted by molar-refractivity contribution is 0.149. The maximum Gasteiger partial charge on any atom is 0.0721 e. The zero-order valence-electron chi connectivity index (χ0n) is 17.1. The molecule has 0 spiro atoms.